The van der Waals surface area contributed by atoms with Crippen LogP contribution in [-0.2, 0) is 0 Å². The fourth-order valence-electron chi connectivity index (χ4n) is 1.23. The lowest BCUT2D eigenvalue weighted by atomic mass is 10.3. The number of carbonyl (C=O) groups is 1. The quantitative estimate of drug-likeness (QED) is 0.926. The molecule has 0 atom stereocenters. The van der Waals surface area contributed by atoms with E-state index in [0.29, 0.717) is 0 Å². The summed E-state index contributed by atoms with van der Waals surface area (Å²) in [6, 6.07) is 6.69. The van der Waals surface area contributed by atoms with Crippen LogP contribution in [0.3, 0.4) is 0 Å². The summed E-state index contributed by atoms with van der Waals surface area (Å²) in [5.74, 6) is -1.28. The van der Waals surface area contributed by atoms with Crippen LogP contribution in [0.4, 0.5) is 4.39 Å². The number of carboxylic acids is 1. The predicted octanol–water partition coefficient (Wildman–Crippen LogP) is 3.36. The highest BCUT2D eigenvalue weighted by Crippen LogP contribution is 2.24. The van der Waals surface area contributed by atoms with Crippen molar-refractivity contribution in [1.29, 1.82) is 0 Å². The molecule has 2 aromatic rings. The molecule has 1 aromatic carbocycles. The van der Waals surface area contributed by atoms with Crippen molar-refractivity contribution < 1.29 is 19.0 Å². The van der Waals surface area contributed by atoms with Crippen molar-refractivity contribution in [2.24, 2.45) is 0 Å². The third kappa shape index (κ3) is 2.75. The van der Waals surface area contributed by atoms with E-state index in [2.05, 4.69) is 4.98 Å². The largest absolute Gasteiger partial charge is 0.478 e. The van der Waals surface area contributed by atoms with Gasteiger partial charge in [0.2, 0.25) is 5.88 Å². The van der Waals surface area contributed by atoms with Crippen LogP contribution in [0.5, 0.6) is 11.6 Å². The summed E-state index contributed by atoms with van der Waals surface area (Å²) in [5.41, 5.74) is 0.0460. The van der Waals surface area contributed by atoms with Gasteiger partial charge in [0.05, 0.1) is 10.6 Å². The van der Waals surface area contributed by atoms with Crippen molar-refractivity contribution in [3.63, 3.8) is 0 Å². The second-order valence-corrected chi connectivity index (χ2v) is 3.78. The van der Waals surface area contributed by atoms with Gasteiger partial charge < -0.3 is 9.84 Å². The summed E-state index contributed by atoms with van der Waals surface area (Å²) in [7, 11) is 0. The summed E-state index contributed by atoms with van der Waals surface area (Å²) in [4.78, 5) is 14.4. The molecular formula is C12H7ClFNO3. The van der Waals surface area contributed by atoms with Gasteiger partial charge in [0.1, 0.15) is 11.6 Å². The van der Waals surface area contributed by atoms with Gasteiger partial charge >= 0.3 is 5.97 Å². The number of rotatable bonds is 3. The van der Waals surface area contributed by atoms with Crippen LogP contribution in [-0.4, -0.2) is 16.1 Å². The summed E-state index contributed by atoms with van der Waals surface area (Å²) < 4.78 is 18.4. The molecule has 0 aliphatic rings. The van der Waals surface area contributed by atoms with E-state index < -0.39 is 11.8 Å². The summed E-state index contributed by atoms with van der Waals surface area (Å²) in [5, 5.41) is 8.68. The number of benzene rings is 1. The van der Waals surface area contributed by atoms with Gasteiger partial charge in [-0.2, -0.15) is 0 Å². The maximum absolute atomic E-state index is 13.1. The smallest absolute Gasteiger partial charge is 0.337 e. The number of pyridine rings is 1. The van der Waals surface area contributed by atoms with Crippen LogP contribution in [0.15, 0.2) is 36.5 Å². The zero-order valence-corrected chi connectivity index (χ0v) is 9.69. The van der Waals surface area contributed by atoms with Gasteiger partial charge in [-0.3, -0.25) is 0 Å². The van der Waals surface area contributed by atoms with Crippen LogP contribution in [0.2, 0.25) is 5.02 Å². The zero-order chi connectivity index (χ0) is 13.1. The van der Waals surface area contributed by atoms with E-state index in [1.807, 2.05) is 0 Å². The molecule has 0 amide bonds. The van der Waals surface area contributed by atoms with Gasteiger partial charge in [-0.05, 0) is 18.2 Å². The summed E-state index contributed by atoms with van der Waals surface area (Å²) in [6.45, 7) is 0. The molecule has 2 rings (SSSR count). The van der Waals surface area contributed by atoms with Crippen molar-refractivity contribution in [2.45, 2.75) is 0 Å². The molecule has 4 nitrogen and oxygen atoms in total. The molecule has 0 aliphatic carbocycles. The van der Waals surface area contributed by atoms with Gasteiger partial charge in [0.25, 0.3) is 0 Å². The lowest BCUT2D eigenvalue weighted by molar-refractivity contribution is 0.0696. The number of halogens is 2. The second-order valence-electron chi connectivity index (χ2n) is 3.37. The first-order chi connectivity index (χ1) is 8.56. The SMILES string of the molecule is O=C(O)c1ccc(Oc2ccc(Cl)c(F)c2)nc1. The van der Waals surface area contributed by atoms with Crippen LogP contribution >= 0.6 is 11.6 Å². The average Bonchev–Trinajstić information content (AvgIpc) is 2.34. The Bertz CT molecular complexity index is 586. The summed E-state index contributed by atoms with van der Waals surface area (Å²) in [6.07, 6.45) is 1.16. The van der Waals surface area contributed by atoms with E-state index in [1.54, 1.807) is 0 Å². The number of ether oxygens (including phenoxy) is 1. The minimum atomic E-state index is -1.08. The molecule has 0 fully saturated rings. The van der Waals surface area contributed by atoms with Crippen LogP contribution in [0.1, 0.15) is 10.4 Å². The van der Waals surface area contributed by atoms with E-state index in [4.69, 9.17) is 21.4 Å². The third-order valence-electron chi connectivity index (χ3n) is 2.10. The molecule has 0 radical (unpaired) electrons. The lowest BCUT2D eigenvalue weighted by Gasteiger charge is -2.05. The zero-order valence-electron chi connectivity index (χ0n) is 8.93. The van der Waals surface area contributed by atoms with Crippen LogP contribution in [0.25, 0.3) is 0 Å². The first-order valence-electron chi connectivity index (χ1n) is 4.88. The van der Waals surface area contributed by atoms with Crippen LogP contribution in [0, 0.1) is 5.82 Å². The van der Waals surface area contributed by atoms with Gasteiger partial charge in [0, 0.05) is 18.3 Å². The van der Waals surface area contributed by atoms with E-state index >= 15 is 0 Å². The van der Waals surface area contributed by atoms with E-state index in [9.17, 15) is 9.18 Å². The Hall–Kier alpha value is -2.14. The van der Waals surface area contributed by atoms with Crippen molar-refractivity contribution in [1.82, 2.24) is 4.98 Å². The number of hydrogen-bond donors (Lipinski definition) is 1. The van der Waals surface area contributed by atoms with E-state index in [-0.39, 0.29) is 22.2 Å². The van der Waals surface area contributed by atoms with Gasteiger partial charge in [-0.15, -0.1) is 0 Å². The van der Waals surface area contributed by atoms with Crippen molar-refractivity contribution >= 4 is 17.6 Å². The molecule has 0 aliphatic heterocycles. The molecule has 1 N–H and O–H groups in total. The Balaban J connectivity index is 2.18. The first-order valence-corrected chi connectivity index (χ1v) is 5.26. The molecule has 1 heterocycles. The Labute approximate surface area is 107 Å². The fourth-order valence-corrected chi connectivity index (χ4v) is 1.35. The van der Waals surface area contributed by atoms with Gasteiger partial charge in [0.15, 0.2) is 0 Å². The predicted molar refractivity (Wildman–Crippen MR) is 62.7 cm³/mol. The normalized spacial score (nSPS) is 10.1. The highest BCUT2D eigenvalue weighted by atomic mass is 35.5. The Morgan fingerprint density at radius 1 is 1.33 bits per heavy atom. The number of nitrogens with zero attached hydrogens (tertiary/aromatic N) is 1. The molecule has 92 valence electrons. The molecule has 6 heteroatoms. The molecule has 1 aromatic heterocycles. The van der Waals surface area contributed by atoms with E-state index in [0.717, 1.165) is 12.3 Å². The number of aromatic carboxylic acids is 1. The van der Waals surface area contributed by atoms with Crippen LogP contribution < -0.4 is 4.74 Å². The molecule has 0 spiro atoms. The monoisotopic (exact) mass is 267 g/mol. The fraction of sp³-hybridized carbons (Fsp3) is 0. The number of hydrogen-bond acceptors (Lipinski definition) is 3. The Morgan fingerprint density at radius 2 is 2.11 bits per heavy atom. The minimum Gasteiger partial charge on any atom is -0.478 e. The molecule has 0 unspecified atom stereocenters. The molecule has 0 saturated carbocycles. The topological polar surface area (TPSA) is 59.4 Å². The lowest BCUT2D eigenvalue weighted by Crippen LogP contribution is -1.97. The number of aromatic nitrogens is 1. The molecular weight excluding hydrogens is 261 g/mol. The Morgan fingerprint density at radius 3 is 2.67 bits per heavy atom. The van der Waals surface area contributed by atoms with Gasteiger partial charge in [-0.25, -0.2) is 14.2 Å². The maximum atomic E-state index is 13.1. The highest BCUT2D eigenvalue weighted by Gasteiger charge is 2.06. The van der Waals surface area contributed by atoms with Crippen molar-refractivity contribution in [3.8, 4) is 11.6 Å². The molecule has 0 saturated heterocycles. The number of carboxylic acid groups (broad SMARTS) is 1. The average molecular weight is 268 g/mol. The molecule has 0 bridgehead atoms. The first kappa shape index (κ1) is 12.3. The van der Waals surface area contributed by atoms with Gasteiger partial charge in [-0.1, -0.05) is 11.6 Å². The van der Waals surface area contributed by atoms with E-state index in [1.165, 1.54) is 24.3 Å². The maximum Gasteiger partial charge on any atom is 0.337 e. The standard InChI is InChI=1S/C12H7ClFNO3/c13-9-3-2-8(5-10(9)14)18-11-4-1-7(6-15-11)12(16)17/h1-6H,(H,16,17). The molecule has 18 heavy (non-hydrogen) atoms. The minimum absolute atomic E-state index is 0.00321. The second kappa shape index (κ2) is 5.01. The van der Waals surface area contributed by atoms with Crippen molar-refractivity contribution in [3.05, 3.63) is 52.9 Å². The highest BCUT2D eigenvalue weighted by molar-refractivity contribution is 6.30. The van der Waals surface area contributed by atoms with Crippen molar-refractivity contribution in [2.75, 3.05) is 0 Å². The summed E-state index contributed by atoms with van der Waals surface area (Å²) >= 11 is 5.53. The Kier molecular flexibility index (Phi) is 3.43. The third-order valence-corrected chi connectivity index (χ3v) is 2.40.